The number of halogens is 3. The second-order valence-electron chi connectivity index (χ2n) is 7.46. The average Bonchev–Trinajstić information content (AvgIpc) is 2.78. The molecule has 34 heavy (non-hydrogen) atoms. The van der Waals surface area contributed by atoms with Crippen molar-refractivity contribution in [2.45, 2.75) is 12.3 Å². The zero-order valence-electron chi connectivity index (χ0n) is 18.3. The first-order valence-corrected chi connectivity index (χ1v) is 14.4. The summed E-state index contributed by atoms with van der Waals surface area (Å²) in [5.74, 6) is 1.33. The van der Waals surface area contributed by atoms with Crippen LogP contribution in [0.2, 0.25) is 15.1 Å². The van der Waals surface area contributed by atoms with Crippen LogP contribution in [-0.4, -0.2) is 32.9 Å². The van der Waals surface area contributed by atoms with Crippen molar-refractivity contribution >= 4 is 68.2 Å². The van der Waals surface area contributed by atoms with Crippen molar-refractivity contribution < 1.29 is 13.2 Å². The molecule has 0 aliphatic heterocycles. The van der Waals surface area contributed by atoms with E-state index in [0.717, 1.165) is 23.3 Å². The monoisotopic (exact) mass is 556 g/mol. The first kappa shape index (κ1) is 26.7. The predicted molar refractivity (Wildman–Crippen MR) is 144 cm³/mol. The molecule has 0 unspecified atom stereocenters. The molecule has 0 aliphatic rings. The molecule has 3 rings (SSSR count). The topological polar surface area (TPSA) is 66.5 Å². The Bertz CT molecular complexity index is 1230. The van der Waals surface area contributed by atoms with Gasteiger partial charge in [-0.2, -0.15) is 11.8 Å². The molecule has 0 spiro atoms. The zero-order valence-corrected chi connectivity index (χ0v) is 22.2. The normalized spacial score (nSPS) is 11.3. The molecule has 0 radical (unpaired) electrons. The molecule has 180 valence electrons. The molecule has 0 aliphatic carbocycles. The van der Waals surface area contributed by atoms with Crippen molar-refractivity contribution in [3.05, 3.63) is 98.5 Å². The third kappa shape index (κ3) is 7.55. The van der Waals surface area contributed by atoms with E-state index in [1.807, 2.05) is 24.3 Å². The Balaban J connectivity index is 1.59. The Morgan fingerprint density at radius 1 is 0.971 bits per heavy atom. The highest BCUT2D eigenvalue weighted by molar-refractivity contribution is 7.98. The third-order valence-electron chi connectivity index (χ3n) is 4.87. The number of nitrogens with zero attached hydrogens (tertiary/aromatic N) is 1. The molecule has 1 amide bonds. The Kier molecular flexibility index (Phi) is 9.56. The second-order valence-corrected chi connectivity index (χ2v) is 11.7. The van der Waals surface area contributed by atoms with Crippen molar-refractivity contribution in [2.24, 2.45) is 0 Å². The summed E-state index contributed by atoms with van der Waals surface area (Å²) in [6, 6.07) is 19.1. The summed E-state index contributed by atoms with van der Waals surface area (Å²) in [5.41, 5.74) is 2.49. The fraction of sp³-hybridized carbons (Fsp3) is 0.208. The number of amides is 1. The van der Waals surface area contributed by atoms with Crippen LogP contribution in [0.1, 0.15) is 21.5 Å². The maximum atomic E-state index is 12.5. The van der Waals surface area contributed by atoms with Crippen LogP contribution in [0.3, 0.4) is 0 Å². The van der Waals surface area contributed by atoms with Gasteiger partial charge in [0.25, 0.3) is 5.91 Å². The first-order valence-electron chi connectivity index (χ1n) is 10.3. The largest absolute Gasteiger partial charge is 0.351 e. The summed E-state index contributed by atoms with van der Waals surface area (Å²) in [6.07, 6.45) is 1.11. The molecule has 0 bridgehead atoms. The van der Waals surface area contributed by atoms with E-state index in [1.165, 1.54) is 4.31 Å². The number of rotatable bonds is 10. The van der Waals surface area contributed by atoms with Gasteiger partial charge in [-0.3, -0.25) is 9.10 Å². The van der Waals surface area contributed by atoms with Crippen LogP contribution in [0.4, 0.5) is 5.69 Å². The van der Waals surface area contributed by atoms with Gasteiger partial charge >= 0.3 is 0 Å². The molecule has 0 atom stereocenters. The number of benzene rings is 3. The number of carbonyl (C=O) groups excluding carboxylic acids is 1. The van der Waals surface area contributed by atoms with Gasteiger partial charge < -0.3 is 5.32 Å². The van der Waals surface area contributed by atoms with E-state index in [2.05, 4.69) is 5.32 Å². The standard InChI is InChI=1S/C24H23Cl3N2O3S2/c1-34(31,32)29(15-21-22(26)6-3-7-23(21)27)20-10-8-18(9-11-20)24(30)28-12-13-33-16-17-4-2-5-19(25)14-17/h2-11,14H,12-13,15-16H2,1H3,(H,28,30). The van der Waals surface area contributed by atoms with Crippen LogP contribution in [0, 0.1) is 0 Å². The highest BCUT2D eigenvalue weighted by atomic mass is 35.5. The lowest BCUT2D eigenvalue weighted by Crippen LogP contribution is -2.30. The van der Waals surface area contributed by atoms with E-state index < -0.39 is 10.0 Å². The number of anilines is 1. The Hall–Kier alpha value is -1.90. The van der Waals surface area contributed by atoms with E-state index >= 15 is 0 Å². The number of hydrogen-bond acceptors (Lipinski definition) is 4. The molecule has 0 fully saturated rings. The van der Waals surface area contributed by atoms with Crippen molar-refractivity contribution in [2.75, 3.05) is 22.9 Å². The average molecular weight is 558 g/mol. The molecule has 0 saturated heterocycles. The van der Waals surface area contributed by atoms with E-state index in [4.69, 9.17) is 34.8 Å². The highest BCUT2D eigenvalue weighted by Gasteiger charge is 2.21. The highest BCUT2D eigenvalue weighted by Crippen LogP contribution is 2.29. The number of nitrogens with one attached hydrogen (secondary N) is 1. The second kappa shape index (κ2) is 12.2. The van der Waals surface area contributed by atoms with Crippen molar-refractivity contribution in [3.8, 4) is 0 Å². The van der Waals surface area contributed by atoms with Crippen molar-refractivity contribution in [1.29, 1.82) is 0 Å². The molecular weight excluding hydrogens is 535 g/mol. The van der Waals surface area contributed by atoms with E-state index in [-0.39, 0.29) is 12.5 Å². The lowest BCUT2D eigenvalue weighted by molar-refractivity contribution is 0.0956. The summed E-state index contributed by atoms with van der Waals surface area (Å²) in [5, 5.41) is 4.35. The summed E-state index contributed by atoms with van der Waals surface area (Å²) in [7, 11) is -3.62. The smallest absolute Gasteiger partial charge is 0.251 e. The number of sulfonamides is 1. The summed E-state index contributed by atoms with van der Waals surface area (Å²) in [4.78, 5) is 12.5. The van der Waals surface area contributed by atoms with Gasteiger partial charge in [-0.15, -0.1) is 0 Å². The van der Waals surface area contributed by atoms with Crippen LogP contribution < -0.4 is 9.62 Å². The van der Waals surface area contributed by atoms with Gasteiger partial charge in [-0.25, -0.2) is 8.42 Å². The quantitative estimate of drug-likeness (QED) is 0.298. The summed E-state index contributed by atoms with van der Waals surface area (Å²) < 4.78 is 26.1. The minimum Gasteiger partial charge on any atom is -0.351 e. The first-order chi connectivity index (χ1) is 16.1. The maximum absolute atomic E-state index is 12.5. The zero-order chi connectivity index (χ0) is 24.7. The molecule has 5 nitrogen and oxygen atoms in total. The predicted octanol–water partition coefficient (Wildman–Crippen LogP) is 6.28. The van der Waals surface area contributed by atoms with Gasteiger partial charge in [0, 0.05) is 44.2 Å². The fourth-order valence-electron chi connectivity index (χ4n) is 3.16. The van der Waals surface area contributed by atoms with Crippen LogP contribution in [0.5, 0.6) is 0 Å². The van der Waals surface area contributed by atoms with Gasteiger partial charge in [0.15, 0.2) is 0 Å². The molecule has 1 N–H and O–H groups in total. The van der Waals surface area contributed by atoms with Gasteiger partial charge in [-0.05, 0) is 54.1 Å². The molecule has 3 aromatic rings. The van der Waals surface area contributed by atoms with Gasteiger partial charge in [-0.1, -0.05) is 53.0 Å². The summed E-state index contributed by atoms with van der Waals surface area (Å²) >= 11 is 20.1. The molecule has 10 heteroatoms. The minimum atomic E-state index is -3.62. The third-order valence-corrected chi connectivity index (χ3v) is 7.99. The van der Waals surface area contributed by atoms with E-state index in [0.29, 0.717) is 38.4 Å². The molecule has 0 saturated carbocycles. The van der Waals surface area contributed by atoms with Crippen LogP contribution in [-0.2, 0) is 22.3 Å². The molecule has 0 heterocycles. The number of hydrogen-bond donors (Lipinski definition) is 1. The lowest BCUT2D eigenvalue weighted by Gasteiger charge is -2.23. The summed E-state index contributed by atoms with van der Waals surface area (Å²) in [6.45, 7) is 0.485. The van der Waals surface area contributed by atoms with E-state index in [1.54, 1.807) is 54.2 Å². The van der Waals surface area contributed by atoms with Gasteiger partial charge in [0.2, 0.25) is 10.0 Å². The number of thioether (sulfide) groups is 1. The SMILES string of the molecule is CS(=O)(=O)N(Cc1c(Cl)cccc1Cl)c1ccc(C(=O)NCCSCc2cccc(Cl)c2)cc1. The van der Waals surface area contributed by atoms with Gasteiger partial charge in [0.05, 0.1) is 18.5 Å². The Morgan fingerprint density at radius 3 is 2.24 bits per heavy atom. The van der Waals surface area contributed by atoms with Crippen LogP contribution in [0.15, 0.2) is 66.7 Å². The van der Waals surface area contributed by atoms with Crippen molar-refractivity contribution in [1.82, 2.24) is 5.32 Å². The number of carbonyl (C=O) groups is 1. The minimum absolute atomic E-state index is 0.0211. The van der Waals surface area contributed by atoms with Crippen LogP contribution >= 0.6 is 46.6 Å². The lowest BCUT2D eigenvalue weighted by atomic mass is 10.1. The van der Waals surface area contributed by atoms with Gasteiger partial charge in [0.1, 0.15) is 0 Å². The molecule has 3 aromatic carbocycles. The van der Waals surface area contributed by atoms with E-state index in [9.17, 15) is 13.2 Å². The Labute approximate surface area is 219 Å². The Morgan fingerprint density at radius 2 is 1.62 bits per heavy atom. The fourth-order valence-corrected chi connectivity index (χ4v) is 5.57. The molecular formula is C24H23Cl3N2O3S2. The molecule has 0 aromatic heterocycles. The van der Waals surface area contributed by atoms with Crippen LogP contribution in [0.25, 0.3) is 0 Å². The maximum Gasteiger partial charge on any atom is 0.251 e. The van der Waals surface area contributed by atoms with Crippen molar-refractivity contribution in [3.63, 3.8) is 0 Å².